The summed E-state index contributed by atoms with van der Waals surface area (Å²) in [6.07, 6.45) is 1.64. The van der Waals surface area contributed by atoms with Crippen molar-refractivity contribution in [3.63, 3.8) is 0 Å². The highest BCUT2D eigenvalue weighted by atomic mass is 31.2. The number of aromatic amines is 1. The van der Waals surface area contributed by atoms with Crippen molar-refractivity contribution in [2.45, 2.75) is 5.78 Å². The van der Waals surface area contributed by atoms with E-state index in [0.717, 1.165) is 0 Å². The second kappa shape index (κ2) is 5.31. The minimum atomic E-state index is -4.79. The lowest BCUT2D eigenvalue weighted by atomic mass is 10.2. The third kappa shape index (κ3) is 3.17. The second-order valence-electron chi connectivity index (χ2n) is 3.77. The molecule has 0 spiro atoms. The predicted octanol–water partition coefficient (Wildman–Crippen LogP) is 0.525. The molecule has 18 heavy (non-hydrogen) atoms. The first-order valence-electron chi connectivity index (χ1n) is 5.37. The lowest BCUT2D eigenvalue weighted by molar-refractivity contribution is -0.362. The van der Waals surface area contributed by atoms with Crippen LogP contribution in [0.5, 0.6) is 0 Å². The fraction of sp³-hybridized carbons (Fsp3) is 0.0833. The van der Waals surface area contributed by atoms with Crippen LogP contribution in [-0.2, 0) is 4.57 Å². The van der Waals surface area contributed by atoms with Gasteiger partial charge in [0.1, 0.15) is 5.78 Å². The van der Waals surface area contributed by atoms with Crippen LogP contribution in [0.2, 0.25) is 0 Å². The van der Waals surface area contributed by atoms with E-state index in [1.165, 1.54) is 0 Å². The van der Waals surface area contributed by atoms with Gasteiger partial charge in [0.05, 0.1) is 6.20 Å². The minimum absolute atomic E-state index is 0.420. The summed E-state index contributed by atoms with van der Waals surface area (Å²) < 4.78 is 11.3. The molecule has 0 aliphatic heterocycles. The van der Waals surface area contributed by atoms with E-state index in [2.05, 4.69) is 10.3 Å². The zero-order valence-corrected chi connectivity index (χ0v) is 10.3. The summed E-state index contributed by atoms with van der Waals surface area (Å²) in [5, 5.41) is 2.69. The Morgan fingerprint density at radius 1 is 1.06 bits per heavy atom. The summed E-state index contributed by atoms with van der Waals surface area (Å²) in [7, 11) is -4.79. The highest BCUT2D eigenvalue weighted by Gasteiger charge is 2.20. The van der Waals surface area contributed by atoms with Crippen molar-refractivity contribution in [1.29, 1.82) is 0 Å². The molecule has 0 saturated carbocycles. The molecule has 1 aromatic heterocycles. The third-order valence-electron chi connectivity index (χ3n) is 2.43. The van der Waals surface area contributed by atoms with E-state index >= 15 is 0 Å². The summed E-state index contributed by atoms with van der Waals surface area (Å²) in [5.41, 5.74) is 0.420. The molecule has 0 radical (unpaired) electrons. The number of aromatic nitrogens is 1. The van der Waals surface area contributed by atoms with Crippen LogP contribution in [0.1, 0.15) is 11.3 Å². The molecule has 94 valence electrons. The van der Waals surface area contributed by atoms with Crippen molar-refractivity contribution in [3.05, 3.63) is 60.3 Å². The number of anilines is 1. The Morgan fingerprint density at radius 3 is 2.28 bits per heavy atom. The van der Waals surface area contributed by atoms with Crippen molar-refractivity contribution in [2.24, 2.45) is 0 Å². The molecule has 0 saturated heterocycles. The van der Waals surface area contributed by atoms with E-state index in [-0.39, 0.29) is 0 Å². The van der Waals surface area contributed by atoms with Gasteiger partial charge >= 0.3 is 0 Å². The summed E-state index contributed by atoms with van der Waals surface area (Å²) in [6.45, 7) is 0. The van der Waals surface area contributed by atoms with Crippen LogP contribution in [-0.4, -0.2) is 0 Å². The van der Waals surface area contributed by atoms with Gasteiger partial charge in [-0.05, 0) is 13.7 Å². The highest BCUT2D eigenvalue weighted by Crippen LogP contribution is 2.43. The molecule has 1 heterocycles. The standard InChI is InChI=1S/C12H13N2O3P/c15-18(16,17)12(10-6-2-1-3-7-10)14-11-8-4-5-9-13-11/h1-9,12H,(H,13,14)(H2,15,16,17)/p-1/t12-/m1/s1. The molecule has 1 aromatic carbocycles. The van der Waals surface area contributed by atoms with E-state index in [4.69, 9.17) is 0 Å². The maximum atomic E-state index is 11.3. The average Bonchev–Trinajstić information content (AvgIpc) is 2.37. The van der Waals surface area contributed by atoms with Gasteiger partial charge < -0.3 is 14.4 Å². The molecule has 2 aromatic rings. The maximum absolute atomic E-state index is 11.3. The first-order valence-corrected chi connectivity index (χ1v) is 6.98. The molecule has 6 heteroatoms. The topological polar surface area (TPSA) is 89.4 Å². The third-order valence-corrected chi connectivity index (χ3v) is 3.49. The number of nitrogens with one attached hydrogen (secondary N) is 2. The Balaban J connectivity index is 2.31. The van der Waals surface area contributed by atoms with Gasteiger partial charge in [0.25, 0.3) is 5.82 Å². The van der Waals surface area contributed by atoms with Crippen LogP contribution in [0.25, 0.3) is 0 Å². The predicted molar refractivity (Wildman–Crippen MR) is 63.4 cm³/mol. The first kappa shape index (κ1) is 12.8. The Morgan fingerprint density at radius 2 is 1.72 bits per heavy atom. The van der Waals surface area contributed by atoms with Gasteiger partial charge in [-0.1, -0.05) is 36.4 Å². The summed E-state index contributed by atoms with van der Waals surface area (Å²) in [4.78, 5) is 25.5. The van der Waals surface area contributed by atoms with Crippen LogP contribution in [0, 0.1) is 0 Å². The number of hydrogen-bond donors (Lipinski definition) is 1. The average molecular weight is 263 g/mol. The fourth-order valence-electron chi connectivity index (χ4n) is 1.61. The molecule has 0 amide bonds. The maximum Gasteiger partial charge on any atom is 0.272 e. The Hall–Kier alpha value is -1.68. The summed E-state index contributed by atoms with van der Waals surface area (Å²) in [5.74, 6) is -0.810. The smallest absolute Gasteiger partial charge is 0.272 e. The summed E-state index contributed by atoms with van der Waals surface area (Å²) >= 11 is 0. The highest BCUT2D eigenvalue weighted by molar-refractivity contribution is 7.49. The van der Waals surface area contributed by atoms with Crippen molar-refractivity contribution in [1.82, 2.24) is 0 Å². The zero-order chi connectivity index (χ0) is 13.0. The quantitative estimate of drug-likeness (QED) is 0.814. The van der Waals surface area contributed by atoms with E-state index in [1.54, 1.807) is 54.7 Å². The van der Waals surface area contributed by atoms with Crippen molar-refractivity contribution >= 4 is 13.4 Å². The number of H-pyrrole nitrogens is 1. The van der Waals surface area contributed by atoms with Crippen LogP contribution in [0.4, 0.5) is 5.82 Å². The van der Waals surface area contributed by atoms with Gasteiger partial charge in [0.15, 0.2) is 0 Å². The van der Waals surface area contributed by atoms with Crippen molar-refractivity contribution < 1.29 is 19.3 Å². The monoisotopic (exact) mass is 263 g/mol. The Bertz CT molecular complexity index is 542. The van der Waals surface area contributed by atoms with Crippen LogP contribution >= 0.6 is 7.60 Å². The summed E-state index contributed by atoms with van der Waals surface area (Å²) in [6, 6.07) is 13.5. The number of hydrogen-bond acceptors (Lipinski definition) is 4. The molecular weight excluding hydrogens is 251 g/mol. The van der Waals surface area contributed by atoms with Gasteiger partial charge in [0, 0.05) is 11.6 Å². The molecule has 0 aliphatic rings. The van der Waals surface area contributed by atoms with Crippen LogP contribution in [0.3, 0.4) is 0 Å². The second-order valence-corrected chi connectivity index (χ2v) is 5.37. The Kier molecular flexibility index (Phi) is 3.77. The van der Waals surface area contributed by atoms with Gasteiger partial charge in [-0.3, -0.25) is 5.32 Å². The van der Waals surface area contributed by atoms with Crippen LogP contribution < -0.4 is 20.1 Å². The zero-order valence-electron chi connectivity index (χ0n) is 9.45. The molecule has 0 unspecified atom stereocenters. The van der Waals surface area contributed by atoms with Crippen LogP contribution in [0.15, 0.2) is 54.7 Å². The van der Waals surface area contributed by atoms with E-state index in [0.29, 0.717) is 11.4 Å². The lowest BCUT2D eigenvalue weighted by Crippen LogP contribution is -2.27. The van der Waals surface area contributed by atoms with Crippen molar-refractivity contribution in [2.75, 3.05) is 5.32 Å². The molecule has 0 aliphatic carbocycles. The molecule has 5 nitrogen and oxygen atoms in total. The molecule has 2 N–H and O–H groups in total. The van der Waals surface area contributed by atoms with E-state index in [9.17, 15) is 14.4 Å². The van der Waals surface area contributed by atoms with E-state index < -0.39 is 13.4 Å². The Labute approximate surface area is 105 Å². The molecule has 2 rings (SSSR count). The minimum Gasteiger partial charge on any atom is -0.808 e. The SMILES string of the molecule is O=P([O-])([O-])[C@@H](Nc1cccc[nH+]1)c1ccccc1. The van der Waals surface area contributed by atoms with Gasteiger partial charge in [0.2, 0.25) is 0 Å². The molecule has 0 fully saturated rings. The number of pyridine rings is 1. The van der Waals surface area contributed by atoms with E-state index in [1.807, 2.05) is 0 Å². The van der Waals surface area contributed by atoms with Gasteiger partial charge in [-0.25, -0.2) is 4.98 Å². The molecule has 0 bridgehead atoms. The number of rotatable bonds is 4. The molecule has 1 atom stereocenters. The largest absolute Gasteiger partial charge is 0.808 e. The van der Waals surface area contributed by atoms with Gasteiger partial charge in [-0.2, -0.15) is 0 Å². The normalized spacial score (nSPS) is 13.0. The van der Waals surface area contributed by atoms with Gasteiger partial charge in [-0.15, -0.1) is 0 Å². The first-order chi connectivity index (χ1) is 8.57. The lowest BCUT2D eigenvalue weighted by Gasteiger charge is -2.35. The fourth-order valence-corrected chi connectivity index (χ4v) is 2.45. The van der Waals surface area contributed by atoms with Crippen molar-refractivity contribution in [3.8, 4) is 0 Å². The number of benzene rings is 1. The molecular formula is C12H12N2O3P-.